The van der Waals surface area contributed by atoms with Crippen LogP contribution in [-0.2, 0) is 21.1 Å². The fraction of sp³-hybridized carbons (Fsp3) is 0. The topological polar surface area (TPSA) is 63.1 Å². The molecule has 0 saturated carbocycles. The Kier molecular flexibility index (Phi) is 7.19. The van der Waals surface area contributed by atoms with Crippen molar-refractivity contribution in [3.63, 3.8) is 0 Å². The van der Waals surface area contributed by atoms with E-state index in [9.17, 15) is 4.79 Å². The van der Waals surface area contributed by atoms with Crippen molar-refractivity contribution in [1.29, 1.82) is 0 Å². The number of carboxylic acid groups (broad SMARTS) is 1. The van der Waals surface area contributed by atoms with Crippen LogP contribution in [0.25, 0.3) is 22.0 Å². The van der Waals surface area contributed by atoms with Crippen molar-refractivity contribution in [2.24, 2.45) is 0 Å². The number of hydrogen-bond donors (Lipinski definition) is 1. The monoisotopic (exact) mass is 522 g/mol. The second kappa shape index (κ2) is 9.59. The maximum Gasteiger partial charge on any atom is 0.355 e. The molecule has 0 saturated heterocycles. The summed E-state index contributed by atoms with van der Waals surface area (Å²) < 4.78 is 0. The molecule has 4 aromatic rings. The Morgan fingerprint density at radius 2 is 1.62 bits per heavy atom. The second-order valence-corrected chi connectivity index (χ2v) is 5.18. The molecule has 132 valence electrons. The molecule has 0 spiro atoms. The number of nitrogens with zero attached hydrogens (tertiary/aromatic N) is 2. The van der Waals surface area contributed by atoms with Gasteiger partial charge in [-0.2, -0.15) is 0 Å². The number of aromatic nitrogens is 2. The van der Waals surface area contributed by atoms with Crippen LogP contribution in [-0.4, -0.2) is 21.0 Å². The van der Waals surface area contributed by atoms with Crippen molar-refractivity contribution in [2.45, 2.75) is 0 Å². The third kappa shape index (κ3) is 4.84. The Bertz CT molecular complexity index is 934. The summed E-state index contributed by atoms with van der Waals surface area (Å²) in [7, 11) is 0. The van der Waals surface area contributed by atoms with Gasteiger partial charge in [-0.3, -0.25) is 0 Å². The molecule has 0 radical (unpaired) electrons. The fourth-order valence-corrected chi connectivity index (χ4v) is 2.36. The Hall–Kier alpha value is -2.84. The first kappa shape index (κ1) is 19.5. The Morgan fingerprint density at radius 3 is 2.31 bits per heavy atom. The van der Waals surface area contributed by atoms with Crippen molar-refractivity contribution in [3.05, 3.63) is 97.0 Å². The van der Waals surface area contributed by atoms with Gasteiger partial charge in [-0.15, -0.1) is 35.9 Å². The molecule has 0 atom stereocenters. The van der Waals surface area contributed by atoms with E-state index in [0.29, 0.717) is 5.39 Å². The van der Waals surface area contributed by atoms with Gasteiger partial charge in [0.15, 0.2) is 5.69 Å². The summed E-state index contributed by atoms with van der Waals surface area (Å²) in [6, 6.07) is 25.9. The minimum absolute atomic E-state index is 0. The van der Waals surface area contributed by atoms with Gasteiger partial charge in [-0.1, -0.05) is 36.4 Å². The minimum Gasteiger partial charge on any atom is -0.476 e. The quantitative estimate of drug-likeness (QED) is 0.395. The van der Waals surface area contributed by atoms with Crippen molar-refractivity contribution in [2.75, 3.05) is 0 Å². The van der Waals surface area contributed by atoms with Crippen LogP contribution >= 0.6 is 0 Å². The molecule has 2 aromatic carbocycles. The summed E-state index contributed by atoms with van der Waals surface area (Å²) in [5, 5.41) is 10.4. The number of hydrogen-bond acceptors (Lipinski definition) is 3. The molecule has 0 unspecified atom stereocenters. The molecular formula is C21H15N2O2Pt-. The second-order valence-electron chi connectivity index (χ2n) is 5.18. The largest absolute Gasteiger partial charge is 0.476 e. The third-order valence-corrected chi connectivity index (χ3v) is 3.53. The molecule has 0 amide bonds. The summed E-state index contributed by atoms with van der Waals surface area (Å²) in [4.78, 5) is 18.8. The van der Waals surface area contributed by atoms with E-state index in [1.807, 2.05) is 54.6 Å². The van der Waals surface area contributed by atoms with Crippen molar-refractivity contribution in [3.8, 4) is 11.3 Å². The van der Waals surface area contributed by atoms with Crippen LogP contribution in [0, 0.1) is 6.07 Å². The van der Waals surface area contributed by atoms with E-state index >= 15 is 0 Å². The number of carbonyl (C=O) groups is 1. The number of benzene rings is 2. The van der Waals surface area contributed by atoms with E-state index in [1.165, 1.54) is 6.20 Å². The fourth-order valence-electron chi connectivity index (χ4n) is 2.36. The molecule has 4 nitrogen and oxygen atoms in total. The molecule has 4 rings (SSSR count). The smallest absolute Gasteiger partial charge is 0.355 e. The molecule has 0 aliphatic carbocycles. The number of fused-ring (bicyclic) bond motifs is 1. The van der Waals surface area contributed by atoms with Gasteiger partial charge in [0.25, 0.3) is 0 Å². The van der Waals surface area contributed by atoms with E-state index in [1.54, 1.807) is 24.4 Å². The first-order valence-electron chi connectivity index (χ1n) is 7.71. The average Bonchev–Trinajstić information content (AvgIpc) is 2.69. The van der Waals surface area contributed by atoms with E-state index in [4.69, 9.17) is 5.11 Å². The number of carboxylic acids is 1. The van der Waals surface area contributed by atoms with Gasteiger partial charge < -0.3 is 10.1 Å². The van der Waals surface area contributed by atoms with Crippen LogP contribution in [0.2, 0.25) is 0 Å². The number of pyridine rings is 2. The van der Waals surface area contributed by atoms with Crippen LogP contribution in [0.4, 0.5) is 0 Å². The first-order chi connectivity index (χ1) is 12.3. The molecule has 1 N–H and O–H groups in total. The molecule has 0 aliphatic heterocycles. The van der Waals surface area contributed by atoms with Crippen LogP contribution in [0.15, 0.2) is 85.2 Å². The van der Waals surface area contributed by atoms with Crippen molar-refractivity contribution >= 4 is 16.7 Å². The van der Waals surface area contributed by atoms with Gasteiger partial charge in [0, 0.05) is 38.8 Å². The standard InChI is InChI=1S/C11H8N.C10H7NO2.Pt/c1-2-6-10(7-3-1)11-8-4-5-9-12-11;12-10(13)9-8-4-2-1-3-7(8)5-6-11-9;/h1-6,8-9H;1-6H,(H,12,13);/q-1;;. The van der Waals surface area contributed by atoms with E-state index in [0.717, 1.165) is 16.6 Å². The van der Waals surface area contributed by atoms with Gasteiger partial charge in [0.1, 0.15) is 0 Å². The summed E-state index contributed by atoms with van der Waals surface area (Å²) >= 11 is 0. The van der Waals surface area contributed by atoms with Gasteiger partial charge in [-0.25, -0.2) is 9.78 Å². The minimum atomic E-state index is -0.989. The van der Waals surface area contributed by atoms with Crippen LogP contribution in [0.1, 0.15) is 10.5 Å². The normalized spacial score (nSPS) is 9.54. The van der Waals surface area contributed by atoms with E-state index in [-0.39, 0.29) is 26.8 Å². The van der Waals surface area contributed by atoms with Gasteiger partial charge in [-0.05, 0) is 23.2 Å². The van der Waals surface area contributed by atoms with E-state index < -0.39 is 5.97 Å². The van der Waals surface area contributed by atoms with Crippen molar-refractivity contribution < 1.29 is 31.0 Å². The zero-order valence-electron chi connectivity index (χ0n) is 13.6. The zero-order valence-corrected chi connectivity index (χ0v) is 15.9. The first-order valence-corrected chi connectivity index (χ1v) is 7.71. The maximum atomic E-state index is 10.8. The van der Waals surface area contributed by atoms with Crippen LogP contribution in [0.3, 0.4) is 0 Å². The molecule has 2 heterocycles. The SMILES string of the molecule is O=C(O)c1nccc2ccccc12.[Pt].[c-]1ccccc1-c1ccccn1. The maximum absolute atomic E-state index is 10.8. The van der Waals surface area contributed by atoms with Gasteiger partial charge in [0.2, 0.25) is 0 Å². The predicted molar refractivity (Wildman–Crippen MR) is 97.2 cm³/mol. The van der Waals surface area contributed by atoms with Crippen LogP contribution in [0.5, 0.6) is 0 Å². The molecule has 2 aromatic heterocycles. The number of aromatic carboxylic acids is 1. The Morgan fingerprint density at radius 1 is 0.846 bits per heavy atom. The molecule has 0 aliphatic rings. The summed E-state index contributed by atoms with van der Waals surface area (Å²) in [5.74, 6) is -0.989. The summed E-state index contributed by atoms with van der Waals surface area (Å²) in [5.41, 5.74) is 2.12. The molecular weight excluding hydrogens is 507 g/mol. The molecule has 0 bridgehead atoms. The summed E-state index contributed by atoms with van der Waals surface area (Å²) in [6.07, 6.45) is 3.29. The zero-order chi connectivity index (χ0) is 17.5. The average molecular weight is 522 g/mol. The Balaban J connectivity index is 0.000000180. The van der Waals surface area contributed by atoms with Crippen molar-refractivity contribution in [1.82, 2.24) is 9.97 Å². The van der Waals surface area contributed by atoms with Crippen LogP contribution < -0.4 is 0 Å². The Labute approximate surface area is 165 Å². The van der Waals surface area contributed by atoms with Gasteiger partial charge in [0.05, 0.1) is 0 Å². The third-order valence-electron chi connectivity index (χ3n) is 3.53. The molecule has 5 heteroatoms. The predicted octanol–water partition coefficient (Wildman–Crippen LogP) is 4.48. The summed E-state index contributed by atoms with van der Waals surface area (Å²) in [6.45, 7) is 0. The molecule has 0 fully saturated rings. The van der Waals surface area contributed by atoms with E-state index in [2.05, 4.69) is 16.0 Å². The van der Waals surface area contributed by atoms with Gasteiger partial charge >= 0.3 is 5.97 Å². The number of rotatable bonds is 2. The molecule has 26 heavy (non-hydrogen) atoms.